The van der Waals surface area contributed by atoms with Crippen LogP contribution in [-0.2, 0) is 11.3 Å². The summed E-state index contributed by atoms with van der Waals surface area (Å²) in [6, 6.07) is 17.6. The summed E-state index contributed by atoms with van der Waals surface area (Å²) in [7, 11) is 0. The monoisotopic (exact) mass is 398 g/mol. The number of fused-ring (bicyclic) bond motifs is 1. The van der Waals surface area contributed by atoms with Crippen LogP contribution in [0, 0.1) is 0 Å². The number of carbonyl (C=O) groups excluding carboxylic acids is 1. The molecule has 0 spiro atoms. The summed E-state index contributed by atoms with van der Waals surface area (Å²) >= 11 is 0. The Bertz CT molecular complexity index is 1150. The van der Waals surface area contributed by atoms with Crippen LogP contribution in [0.2, 0.25) is 0 Å². The molecule has 6 heteroatoms. The van der Waals surface area contributed by atoms with Gasteiger partial charge in [-0.3, -0.25) is 14.7 Å². The average molecular weight is 398 g/mol. The molecule has 3 heterocycles. The fourth-order valence-electron chi connectivity index (χ4n) is 4.11. The summed E-state index contributed by atoms with van der Waals surface area (Å²) in [5.74, 6) is 0.0337. The number of rotatable bonds is 5. The number of anilines is 1. The summed E-state index contributed by atoms with van der Waals surface area (Å²) in [6.45, 7) is 1.56. The first-order valence-corrected chi connectivity index (χ1v) is 10.1. The number of hydrogen-bond acceptors (Lipinski definition) is 5. The Morgan fingerprint density at radius 3 is 2.83 bits per heavy atom. The van der Waals surface area contributed by atoms with E-state index in [4.69, 9.17) is 4.42 Å². The van der Waals surface area contributed by atoms with E-state index in [0.29, 0.717) is 6.54 Å². The van der Waals surface area contributed by atoms with Crippen LogP contribution in [0.4, 0.5) is 5.69 Å². The van der Waals surface area contributed by atoms with Crippen molar-refractivity contribution in [2.45, 2.75) is 25.4 Å². The number of hydrogen-bond donors (Lipinski definition) is 1. The van der Waals surface area contributed by atoms with Crippen molar-refractivity contribution in [3.63, 3.8) is 0 Å². The number of benzene rings is 2. The molecule has 6 nitrogen and oxygen atoms in total. The second-order valence-electron chi connectivity index (χ2n) is 7.55. The molecule has 1 atom stereocenters. The minimum Gasteiger partial charge on any atom is -0.443 e. The predicted octanol–water partition coefficient (Wildman–Crippen LogP) is 4.49. The molecule has 1 fully saturated rings. The number of oxazole rings is 1. The van der Waals surface area contributed by atoms with E-state index in [-0.39, 0.29) is 11.9 Å². The highest BCUT2D eigenvalue weighted by molar-refractivity contribution is 5.95. The van der Waals surface area contributed by atoms with Crippen LogP contribution in [0.1, 0.15) is 18.4 Å². The average Bonchev–Trinajstić information content (AvgIpc) is 3.45. The van der Waals surface area contributed by atoms with Gasteiger partial charge in [0.25, 0.3) is 0 Å². The van der Waals surface area contributed by atoms with E-state index in [0.717, 1.165) is 52.9 Å². The fourth-order valence-corrected chi connectivity index (χ4v) is 4.11. The molecule has 0 radical (unpaired) electrons. The number of likely N-dealkylation sites (tertiary alicyclic amines) is 1. The van der Waals surface area contributed by atoms with Crippen molar-refractivity contribution in [3.8, 4) is 11.1 Å². The van der Waals surface area contributed by atoms with E-state index in [9.17, 15) is 4.79 Å². The molecule has 0 aliphatic carbocycles. The number of carbonyl (C=O) groups is 1. The van der Waals surface area contributed by atoms with Gasteiger partial charge in [0.05, 0.1) is 6.04 Å². The van der Waals surface area contributed by atoms with E-state index in [1.807, 2.05) is 60.8 Å². The van der Waals surface area contributed by atoms with Crippen molar-refractivity contribution in [1.82, 2.24) is 14.9 Å². The minimum atomic E-state index is -0.152. The van der Waals surface area contributed by atoms with Crippen molar-refractivity contribution < 1.29 is 9.21 Å². The molecule has 0 saturated carbocycles. The highest BCUT2D eigenvalue weighted by Crippen LogP contribution is 2.26. The van der Waals surface area contributed by atoms with Crippen molar-refractivity contribution >= 4 is 22.7 Å². The molecule has 1 unspecified atom stereocenters. The number of nitrogens with zero attached hydrogens (tertiary/aromatic N) is 3. The lowest BCUT2D eigenvalue weighted by molar-refractivity contribution is -0.120. The molecule has 2 aromatic heterocycles. The Balaban J connectivity index is 1.28. The topological polar surface area (TPSA) is 71.3 Å². The van der Waals surface area contributed by atoms with Crippen molar-refractivity contribution in [1.29, 1.82) is 0 Å². The molecule has 1 aliphatic rings. The molecular weight excluding hydrogens is 376 g/mol. The third-order valence-electron chi connectivity index (χ3n) is 5.63. The van der Waals surface area contributed by atoms with Gasteiger partial charge in [0, 0.05) is 30.2 Å². The highest BCUT2D eigenvalue weighted by Gasteiger charge is 2.31. The Kier molecular flexibility index (Phi) is 4.99. The zero-order valence-electron chi connectivity index (χ0n) is 16.5. The van der Waals surface area contributed by atoms with Gasteiger partial charge in [0.15, 0.2) is 12.0 Å². The maximum absolute atomic E-state index is 13.0. The molecule has 150 valence electrons. The van der Waals surface area contributed by atoms with Gasteiger partial charge in [-0.15, -0.1) is 0 Å². The molecule has 1 aliphatic heterocycles. The Labute approximate surface area is 174 Å². The fraction of sp³-hybridized carbons (Fsp3) is 0.208. The van der Waals surface area contributed by atoms with Gasteiger partial charge in [0.1, 0.15) is 5.52 Å². The van der Waals surface area contributed by atoms with Crippen molar-refractivity contribution in [3.05, 3.63) is 78.9 Å². The Hall–Kier alpha value is -3.51. The van der Waals surface area contributed by atoms with Gasteiger partial charge in [-0.25, -0.2) is 4.98 Å². The second-order valence-corrected chi connectivity index (χ2v) is 7.55. The summed E-state index contributed by atoms with van der Waals surface area (Å²) in [5.41, 5.74) is 5.64. The minimum absolute atomic E-state index is 0.0337. The van der Waals surface area contributed by atoms with Crippen molar-refractivity contribution in [2.24, 2.45) is 0 Å². The standard InChI is InChI=1S/C24H22N4O2/c29-24(27-20-10-8-17(9-11-20)18-5-2-12-25-14-18)22-7-3-13-28(22)15-19-4-1-6-21-23(19)30-16-26-21/h1-2,4-6,8-12,14,16,22H,3,7,13,15H2,(H,27,29). The summed E-state index contributed by atoms with van der Waals surface area (Å²) < 4.78 is 5.56. The zero-order valence-corrected chi connectivity index (χ0v) is 16.5. The lowest BCUT2D eigenvalue weighted by Crippen LogP contribution is -2.39. The molecule has 4 aromatic rings. The number of nitrogens with one attached hydrogen (secondary N) is 1. The van der Waals surface area contributed by atoms with Gasteiger partial charge in [-0.2, -0.15) is 0 Å². The lowest BCUT2D eigenvalue weighted by atomic mass is 10.1. The van der Waals surface area contributed by atoms with E-state index in [1.165, 1.54) is 6.39 Å². The SMILES string of the molecule is O=C(Nc1ccc(-c2cccnc2)cc1)C1CCCN1Cc1cccc2ncoc12. The third-order valence-corrected chi connectivity index (χ3v) is 5.63. The number of para-hydroxylation sites is 1. The quantitative estimate of drug-likeness (QED) is 0.536. The molecule has 5 rings (SSSR count). The molecule has 1 amide bonds. The maximum Gasteiger partial charge on any atom is 0.241 e. The van der Waals surface area contributed by atoms with Crippen LogP contribution >= 0.6 is 0 Å². The van der Waals surface area contributed by atoms with E-state index in [1.54, 1.807) is 6.20 Å². The second kappa shape index (κ2) is 8.08. The normalized spacial score (nSPS) is 16.7. The molecule has 1 N–H and O–H groups in total. The first kappa shape index (κ1) is 18.5. The van der Waals surface area contributed by atoms with Crippen molar-refractivity contribution in [2.75, 3.05) is 11.9 Å². The van der Waals surface area contributed by atoms with E-state index in [2.05, 4.69) is 20.2 Å². The predicted molar refractivity (Wildman–Crippen MR) is 116 cm³/mol. The first-order valence-electron chi connectivity index (χ1n) is 10.1. The Morgan fingerprint density at radius 1 is 1.10 bits per heavy atom. The first-order chi connectivity index (χ1) is 14.8. The smallest absolute Gasteiger partial charge is 0.241 e. The molecule has 1 saturated heterocycles. The Morgan fingerprint density at radius 2 is 2.00 bits per heavy atom. The lowest BCUT2D eigenvalue weighted by Gasteiger charge is -2.23. The number of amides is 1. The highest BCUT2D eigenvalue weighted by atomic mass is 16.3. The maximum atomic E-state index is 13.0. The van der Waals surface area contributed by atoms with Crippen LogP contribution in [0.25, 0.3) is 22.2 Å². The molecule has 2 aromatic carbocycles. The van der Waals surface area contributed by atoms with Crippen LogP contribution < -0.4 is 5.32 Å². The van der Waals surface area contributed by atoms with Crippen LogP contribution in [0.15, 0.2) is 77.8 Å². The summed E-state index contributed by atoms with van der Waals surface area (Å²) in [4.78, 5) is 23.6. The third kappa shape index (κ3) is 3.69. The van der Waals surface area contributed by atoms with Gasteiger partial charge in [0.2, 0.25) is 5.91 Å². The van der Waals surface area contributed by atoms with Gasteiger partial charge < -0.3 is 9.73 Å². The number of pyridine rings is 1. The van der Waals surface area contributed by atoms with Crippen LogP contribution in [-0.4, -0.2) is 33.4 Å². The van der Waals surface area contributed by atoms with Gasteiger partial charge in [-0.1, -0.05) is 30.3 Å². The molecular formula is C24H22N4O2. The van der Waals surface area contributed by atoms with Gasteiger partial charge in [-0.05, 0) is 54.8 Å². The summed E-state index contributed by atoms with van der Waals surface area (Å²) in [6.07, 6.45) is 6.92. The zero-order chi connectivity index (χ0) is 20.3. The van der Waals surface area contributed by atoms with Gasteiger partial charge >= 0.3 is 0 Å². The summed E-state index contributed by atoms with van der Waals surface area (Å²) in [5, 5.41) is 3.08. The largest absolute Gasteiger partial charge is 0.443 e. The molecule has 0 bridgehead atoms. The van der Waals surface area contributed by atoms with Crippen LogP contribution in [0.3, 0.4) is 0 Å². The van der Waals surface area contributed by atoms with Crippen LogP contribution in [0.5, 0.6) is 0 Å². The molecule has 30 heavy (non-hydrogen) atoms. The number of aromatic nitrogens is 2. The van der Waals surface area contributed by atoms with E-state index >= 15 is 0 Å². The van der Waals surface area contributed by atoms with E-state index < -0.39 is 0 Å².